The summed E-state index contributed by atoms with van der Waals surface area (Å²) in [5.41, 5.74) is 3.07. The van der Waals surface area contributed by atoms with Gasteiger partial charge in [0.1, 0.15) is 0 Å². The predicted molar refractivity (Wildman–Crippen MR) is 96.9 cm³/mol. The normalized spacial score (nSPS) is 17.0. The number of imidazole rings is 1. The molecule has 130 valence electrons. The molecule has 1 aromatic carbocycles. The minimum atomic E-state index is -0.979. The molecule has 1 fully saturated rings. The van der Waals surface area contributed by atoms with Crippen LogP contribution in [0.3, 0.4) is 0 Å². The van der Waals surface area contributed by atoms with Gasteiger partial charge in [-0.05, 0) is 18.2 Å². The summed E-state index contributed by atoms with van der Waals surface area (Å²) in [4.78, 5) is 12.3. The summed E-state index contributed by atoms with van der Waals surface area (Å²) < 4.78 is 19.1. The predicted octanol–water partition coefficient (Wildman–Crippen LogP) is 1.97. The molecule has 0 N–H and O–H groups in total. The van der Waals surface area contributed by atoms with E-state index in [0.29, 0.717) is 5.78 Å². The van der Waals surface area contributed by atoms with Crippen LogP contribution < -0.4 is 0 Å². The van der Waals surface area contributed by atoms with Crippen LogP contribution in [0.5, 0.6) is 0 Å². The van der Waals surface area contributed by atoms with Gasteiger partial charge in [-0.15, -0.1) is 0 Å². The van der Waals surface area contributed by atoms with Gasteiger partial charge in [-0.3, -0.25) is 13.5 Å². The maximum atomic E-state index is 11.6. The molecule has 25 heavy (non-hydrogen) atoms. The Kier molecular flexibility index (Phi) is 4.61. The summed E-state index contributed by atoms with van der Waals surface area (Å²) in [6, 6.07) is 9.70. The number of rotatable bonds is 4. The third kappa shape index (κ3) is 3.35. The van der Waals surface area contributed by atoms with Crippen molar-refractivity contribution in [2.24, 2.45) is 0 Å². The van der Waals surface area contributed by atoms with Crippen molar-refractivity contribution in [2.45, 2.75) is 11.4 Å². The molecule has 0 spiro atoms. The first-order valence-electron chi connectivity index (χ1n) is 8.28. The van der Waals surface area contributed by atoms with Gasteiger partial charge in [0, 0.05) is 59.5 Å². The Morgan fingerprint density at radius 2 is 1.96 bits per heavy atom. The van der Waals surface area contributed by atoms with E-state index in [0.717, 1.165) is 54.7 Å². The first-order chi connectivity index (χ1) is 12.2. The highest BCUT2D eigenvalue weighted by Crippen LogP contribution is 2.26. The average Bonchev–Trinajstić information content (AvgIpc) is 3.01. The van der Waals surface area contributed by atoms with Crippen LogP contribution in [0.15, 0.2) is 47.6 Å². The minimum absolute atomic E-state index is 0.698. The summed E-state index contributed by atoms with van der Waals surface area (Å²) >= 11 is 0. The van der Waals surface area contributed by atoms with Gasteiger partial charge < -0.3 is 4.74 Å². The number of aromatic nitrogens is 3. The molecule has 0 saturated carbocycles. The van der Waals surface area contributed by atoms with Crippen molar-refractivity contribution in [2.75, 3.05) is 32.6 Å². The van der Waals surface area contributed by atoms with Crippen molar-refractivity contribution in [3.8, 4) is 11.3 Å². The van der Waals surface area contributed by atoms with Gasteiger partial charge in [-0.25, -0.2) is 9.97 Å². The summed E-state index contributed by atoms with van der Waals surface area (Å²) in [7, 11) is -0.979. The Morgan fingerprint density at radius 3 is 2.68 bits per heavy atom. The van der Waals surface area contributed by atoms with Gasteiger partial charge >= 0.3 is 0 Å². The number of hydrogen-bond donors (Lipinski definition) is 0. The van der Waals surface area contributed by atoms with Crippen LogP contribution in [0.4, 0.5) is 0 Å². The summed E-state index contributed by atoms with van der Waals surface area (Å²) in [5.74, 6) is 0.698. The first kappa shape index (κ1) is 16.4. The second kappa shape index (κ2) is 7.03. The molecule has 0 radical (unpaired) electrons. The highest BCUT2D eigenvalue weighted by molar-refractivity contribution is 7.84. The molecule has 2 aromatic heterocycles. The number of hydrogen-bond acceptors (Lipinski definition) is 5. The molecular weight excluding hydrogens is 336 g/mol. The number of fused-ring (bicyclic) bond motifs is 1. The molecule has 6 nitrogen and oxygen atoms in total. The molecule has 0 aliphatic carbocycles. The van der Waals surface area contributed by atoms with Gasteiger partial charge in [0.15, 0.2) is 0 Å². The molecule has 7 heteroatoms. The Morgan fingerprint density at radius 1 is 1.20 bits per heavy atom. The molecular formula is C18H20N4O2S. The maximum Gasteiger partial charge on any atom is 0.234 e. The lowest BCUT2D eigenvalue weighted by Crippen LogP contribution is -2.36. The van der Waals surface area contributed by atoms with Crippen molar-refractivity contribution in [3.63, 3.8) is 0 Å². The largest absolute Gasteiger partial charge is 0.379 e. The topological polar surface area (TPSA) is 59.7 Å². The zero-order chi connectivity index (χ0) is 17.2. The summed E-state index contributed by atoms with van der Waals surface area (Å²) in [6.45, 7) is 4.16. The number of ether oxygens (including phenoxy) is 1. The lowest BCUT2D eigenvalue weighted by Gasteiger charge is -2.26. The van der Waals surface area contributed by atoms with E-state index in [2.05, 4.69) is 14.3 Å². The van der Waals surface area contributed by atoms with Crippen LogP contribution in [0, 0.1) is 0 Å². The van der Waals surface area contributed by atoms with Gasteiger partial charge in [0.05, 0.1) is 24.6 Å². The maximum absolute atomic E-state index is 11.6. The van der Waals surface area contributed by atoms with Gasteiger partial charge in [-0.2, -0.15) is 0 Å². The van der Waals surface area contributed by atoms with Crippen LogP contribution in [0.1, 0.15) is 5.69 Å². The van der Waals surface area contributed by atoms with E-state index in [9.17, 15) is 4.21 Å². The van der Waals surface area contributed by atoms with Gasteiger partial charge in [0.25, 0.3) is 0 Å². The Bertz CT molecular complexity index is 901. The Hall–Kier alpha value is -2.09. The first-order valence-corrected chi connectivity index (χ1v) is 9.84. The molecule has 0 amide bonds. The molecule has 3 heterocycles. The smallest absolute Gasteiger partial charge is 0.234 e. The second-order valence-corrected chi connectivity index (χ2v) is 7.44. The van der Waals surface area contributed by atoms with Crippen LogP contribution in [0.2, 0.25) is 0 Å². The van der Waals surface area contributed by atoms with Crippen molar-refractivity contribution >= 4 is 16.6 Å². The number of morpholine rings is 1. The lowest BCUT2D eigenvalue weighted by atomic mass is 10.1. The van der Waals surface area contributed by atoms with Crippen LogP contribution in [0.25, 0.3) is 17.0 Å². The Balaban J connectivity index is 1.76. The number of nitrogens with zero attached hydrogens (tertiary/aromatic N) is 4. The fraction of sp³-hybridized carbons (Fsp3) is 0.333. The molecule has 0 unspecified atom stereocenters. The molecule has 0 bridgehead atoms. The molecule has 1 aliphatic heterocycles. The monoisotopic (exact) mass is 356 g/mol. The van der Waals surface area contributed by atoms with Crippen LogP contribution in [-0.4, -0.2) is 56.0 Å². The van der Waals surface area contributed by atoms with E-state index in [4.69, 9.17) is 9.72 Å². The van der Waals surface area contributed by atoms with Crippen LogP contribution >= 0.6 is 0 Å². The highest BCUT2D eigenvalue weighted by Gasteiger charge is 2.19. The van der Waals surface area contributed by atoms with E-state index in [1.807, 2.05) is 36.5 Å². The highest BCUT2D eigenvalue weighted by atomic mass is 32.2. The van der Waals surface area contributed by atoms with Gasteiger partial charge in [0.2, 0.25) is 5.78 Å². The third-order valence-corrected chi connectivity index (χ3v) is 5.38. The van der Waals surface area contributed by atoms with Crippen molar-refractivity contribution in [1.82, 2.24) is 19.3 Å². The lowest BCUT2D eigenvalue weighted by molar-refractivity contribution is 0.0336. The summed E-state index contributed by atoms with van der Waals surface area (Å²) in [6.07, 6.45) is 5.45. The zero-order valence-corrected chi connectivity index (χ0v) is 14.9. The molecule has 1 aliphatic rings. The molecule has 1 saturated heterocycles. The average molecular weight is 356 g/mol. The fourth-order valence-electron chi connectivity index (χ4n) is 3.09. The van der Waals surface area contributed by atoms with E-state index in [-0.39, 0.29) is 0 Å². The third-order valence-electron chi connectivity index (χ3n) is 4.44. The molecule has 1 atom stereocenters. The van der Waals surface area contributed by atoms with E-state index >= 15 is 0 Å². The van der Waals surface area contributed by atoms with Crippen molar-refractivity contribution < 1.29 is 8.95 Å². The Labute approximate surface area is 148 Å². The quantitative estimate of drug-likeness (QED) is 0.715. The molecule has 3 aromatic rings. The standard InChI is InChI=1S/C18H20N4O2S/c1-25(23)15-5-3-14(4-6-15)17-16(13-21-9-11-24-12-10-21)22-8-2-7-19-18(22)20-17/h2-8H,9-13H2,1H3/t25-/m0/s1. The van der Waals surface area contributed by atoms with E-state index in [1.165, 1.54) is 0 Å². The minimum Gasteiger partial charge on any atom is -0.379 e. The SMILES string of the molecule is C[S@](=O)c1ccc(-c2nc3ncccn3c2CN2CCOCC2)cc1. The van der Waals surface area contributed by atoms with E-state index in [1.54, 1.807) is 12.5 Å². The van der Waals surface area contributed by atoms with Crippen molar-refractivity contribution in [3.05, 3.63) is 48.4 Å². The van der Waals surface area contributed by atoms with Gasteiger partial charge in [-0.1, -0.05) is 12.1 Å². The fourth-order valence-corrected chi connectivity index (χ4v) is 3.61. The molecule has 4 rings (SSSR count). The number of benzene rings is 1. The van der Waals surface area contributed by atoms with Crippen LogP contribution in [-0.2, 0) is 22.1 Å². The second-order valence-electron chi connectivity index (χ2n) is 6.06. The zero-order valence-electron chi connectivity index (χ0n) is 14.1. The van der Waals surface area contributed by atoms with E-state index < -0.39 is 10.8 Å². The summed E-state index contributed by atoms with van der Waals surface area (Å²) in [5, 5.41) is 0. The van der Waals surface area contributed by atoms with Crippen molar-refractivity contribution in [1.29, 1.82) is 0 Å².